The zero-order valence-corrected chi connectivity index (χ0v) is 9.45. The Morgan fingerprint density at radius 2 is 1.62 bits per heavy atom. The van der Waals surface area contributed by atoms with Crippen LogP contribution in [0.25, 0.3) is 5.73 Å². The first-order valence-electron chi connectivity index (χ1n) is 1.83. The first kappa shape index (κ1) is 16.2. The molecule has 0 aliphatic rings. The van der Waals surface area contributed by atoms with Gasteiger partial charge in [-0.2, -0.15) is 13.8 Å². The van der Waals surface area contributed by atoms with Crippen LogP contribution in [0, 0.1) is 6.42 Å². The molecule has 0 aliphatic heterocycles. The average Bonchev–Trinajstić information content (AvgIpc) is 1.33. The Morgan fingerprint density at radius 1 is 1.62 bits per heavy atom. The molecule has 0 fully saturated rings. The maximum atomic E-state index is 8.98. The molecule has 0 saturated carbocycles. The van der Waals surface area contributed by atoms with Crippen molar-refractivity contribution in [3.63, 3.8) is 0 Å². The normalized spacial score (nSPS) is 5.38. The van der Waals surface area contributed by atoms with Gasteiger partial charge in [0, 0.05) is 0 Å². The van der Waals surface area contributed by atoms with Crippen molar-refractivity contribution in [3.8, 4) is 0 Å². The number of thiol groups is 1. The van der Waals surface area contributed by atoms with Gasteiger partial charge < -0.3 is 16.9 Å². The number of carbonyl (C=O) groups excluding carboxylic acids is 1. The quantitative estimate of drug-likeness (QED) is 0.283. The molecule has 44 valence electrons. The SMILES string of the molecule is C[CH-]C.[K+].[NH-]C(=O)S. The van der Waals surface area contributed by atoms with Crippen molar-refractivity contribution in [2.45, 2.75) is 13.8 Å². The molecule has 0 atom stereocenters. The molecule has 0 spiro atoms. The van der Waals surface area contributed by atoms with Gasteiger partial charge in [-0.05, 0) is 0 Å². The number of carbonyl (C=O) groups is 1. The standard InChI is InChI=1S/C3H7.CH3NOS.K/c1-3-2;2-1(3)4;/h3H,1-2H3;(H3,2,3,4);/q-1;;+1/p-1. The second kappa shape index (κ2) is 15.8. The van der Waals surface area contributed by atoms with Gasteiger partial charge in [-0.1, -0.05) is 0 Å². The maximum absolute atomic E-state index is 8.98. The van der Waals surface area contributed by atoms with E-state index >= 15 is 0 Å². The fraction of sp³-hybridized carbons (Fsp3) is 0.500. The van der Waals surface area contributed by atoms with E-state index in [0.29, 0.717) is 0 Å². The fourth-order valence-electron chi connectivity index (χ4n) is 0. The van der Waals surface area contributed by atoms with Gasteiger partial charge in [0.05, 0.1) is 0 Å². The van der Waals surface area contributed by atoms with E-state index in [1.807, 2.05) is 20.3 Å². The van der Waals surface area contributed by atoms with Crippen LogP contribution in [0.4, 0.5) is 4.79 Å². The van der Waals surface area contributed by atoms with E-state index in [1.54, 1.807) is 0 Å². The summed E-state index contributed by atoms with van der Waals surface area (Å²) in [5, 5.41) is -0.889. The predicted molar refractivity (Wildman–Crippen MR) is 34.4 cm³/mol. The van der Waals surface area contributed by atoms with E-state index in [-0.39, 0.29) is 51.4 Å². The zero-order chi connectivity index (χ0) is 6.28. The van der Waals surface area contributed by atoms with E-state index in [0.717, 1.165) is 0 Å². The summed E-state index contributed by atoms with van der Waals surface area (Å²) >= 11 is 2.99. The molecule has 0 rings (SSSR count). The number of nitrogens with one attached hydrogen (secondary N) is 1. The van der Waals surface area contributed by atoms with Crippen LogP contribution in [-0.2, 0) is 0 Å². The van der Waals surface area contributed by atoms with Gasteiger partial charge >= 0.3 is 51.4 Å². The van der Waals surface area contributed by atoms with Crippen LogP contribution in [0.2, 0.25) is 0 Å². The van der Waals surface area contributed by atoms with Gasteiger partial charge in [-0.3, -0.25) is 0 Å². The summed E-state index contributed by atoms with van der Waals surface area (Å²) in [6.45, 7) is 4.00. The largest absolute Gasteiger partial charge is 1.00 e. The third kappa shape index (κ3) is 147. The van der Waals surface area contributed by atoms with Gasteiger partial charge in [0.1, 0.15) is 5.24 Å². The van der Waals surface area contributed by atoms with Gasteiger partial charge in [0.25, 0.3) is 0 Å². The van der Waals surface area contributed by atoms with Gasteiger partial charge in [0.15, 0.2) is 0 Å². The van der Waals surface area contributed by atoms with Crippen molar-refractivity contribution < 1.29 is 56.2 Å². The second-order valence-electron chi connectivity index (χ2n) is 0.883. The Hall–Kier alpha value is 1.46. The molecule has 2 nitrogen and oxygen atoms in total. The predicted octanol–water partition coefficient (Wildman–Crippen LogP) is -0.677. The van der Waals surface area contributed by atoms with E-state index < -0.39 is 5.24 Å². The summed E-state index contributed by atoms with van der Waals surface area (Å²) in [6, 6.07) is 0. The molecule has 0 aliphatic carbocycles. The number of hydrogen-bond acceptors (Lipinski definition) is 1. The molecule has 1 amide bonds. The van der Waals surface area contributed by atoms with Crippen LogP contribution < -0.4 is 51.4 Å². The topological polar surface area (TPSA) is 40.9 Å². The minimum absolute atomic E-state index is 0. The first-order valence-corrected chi connectivity index (χ1v) is 2.28. The number of amides is 1. The summed E-state index contributed by atoms with van der Waals surface area (Å²) in [5.74, 6) is 0. The van der Waals surface area contributed by atoms with Crippen LogP contribution in [0.15, 0.2) is 0 Å². The van der Waals surface area contributed by atoms with E-state index in [1.165, 1.54) is 0 Å². The Bertz CT molecular complexity index is 47.3. The molecule has 0 aromatic rings. The summed E-state index contributed by atoms with van der Waals surface area (Å²) in [7, 11) is 0. The molecule has 8 heavy (non-hydrogen) atoms. The molecule has 0 aromatic carbocycles. The Morgan fingerprint density at radius 3 is 1.62 bits per heavy atom. The molecule has 0 heterocycles. The summed E-state index contributed by atoms with van der Waals surface area (Å²) < 4.78 is 0. The molecule has 4 heteroatoms. The van der Waals surface area contributed by atoms with Crippen molar-refractivity contribution in [2.75, 3.05) is 0 Å². The summed E-state index contributed by atoms with van der Waals surface area (Å²) in [6.07, 6.45) is 2.00. The molecular formula is C4H9KNOS-. The van der Waals surface area contributed by atoms with Gasteiger partial charge in [-0.25, -0.2) is 0 Å². The summed E-state index contributed by atoms with van der Waals surface area (Å²) in [5.41, 5.74) is 5.81. The Kier molecular flexibility index (Phi) is 32.0. The molecule has 0 radical (unpaired) electrons. The third-order valence-electron chi connectivity index (χ3n) is 0. The monoisotopic (exact) mass is 158 g/mol. The molecule has 0 bridgehead atoms. The Balaban J connectivity index is -0.0000000575. The molecule has 0 saturated heterocycles. The van der Waals surface area contributed by atoms with Crippen molar-refractivity contribution in [1.82, 2.24) is 0 Å². The van der Waals surface area contributed by atoms with E-state index in [4.69, 9.17) is 10.5 Å². The van der Waals surface area contributed by atoms with E-state index in [9.17, 15) is 0 Å². The van der Waals surface area contributed by atoms with E-state index in [2.05, 4.69) is 12.6 Å². The van der Waals surface area contributed by atoms with Gasteiger partial charge in [0.2, 0.25) is 0 Å². The van der Waals surface area contributed by atoms with Crippen LogP contribution in [0.3, 0.4) is 0 Å². The smallest absolute Gasteiger partial charge is 0.658 e. The number of rotatable bonds is 0. The third-order valence-corrected chi connectivity index (χ3v) is 0. The molecular weight excluding hydrogens is 149 g/mol. The first-order chi connectivity index (χ1) is 3.15. The van der Waals surface area contributed by atoms with Crippen molar-refractivity contribution in [3.05, 3.63) is 12.2 Å². The second-order valence-corrected chi connectivity index (χ2v) is 1.29. The molecule has 1 N–H and O–H groups in total. The van der Waals surface area contributed by atoms with Crippen LogP contribution in [0.1, 0.15) is 13.8 Å². The average molecular weight is 158 g/mol. The maximum Gasteiger partial charge on any atom is 1.00 e. The minimum Gasteiger partial charge on any atom is -0.658 e. The molecule has 0 aromatic heterocycles. The Labute approximate surface area is 98.4 Å². The van der Waals surface area contributed by atoms with Crippen LogP contribution >= 0.6 is 12.6 Å². The van der Waals surface area contributed by atoms with Gasteiger partial charge in [-0.15, -0.1) is 12.6 Å². The zero-order valence-electron chi connectivity index (χ0n) is 5.43. The fourth-order valence-corrected chi connectivity index (χ4v) is 0. The number of hydrogen-bond donors (Lipinski definition) is 1. The van der Waals surface area contributed by atoms with Crippen molar-refractivity contribution in [1.29, 1.82) is 0 Å². The minimum atomic E-state index is -0.889. The van der Waals surface area contributed by atoms with Crippen molar-refractivity contribution in [2.24, 2.45) is 0 Å². The summed E-state index contributed by atoms with van der Waals surface area (Å²) in [4.78, 5) is 8.98. The molecule has 0 unspecified atom stereocenters. The van der Waals surface area contributed by atoms with Crippen LogP contribution in [0.5, 0.6) is 0 Å². The van der Waals surface area contributed by atoms with Crippen molar-refractivity contribution >= 4 is 17.9 Å². The van der Waals surface area contributed by atoms with Crippen LogP contribution in [-0.4, -0.2) is 5.24 Å².